The zero-order chi connectivity index (χ0) is 13.1. The molecular weight excluding hydrogens is 354 g/mol. The van der Waals surface area contributed by atoms with Crippen molar-refractivity contribution in [3.05, 3.63) is 68.1 Å². The highest BCUT2D eigenvalue weighted by Gasteiger charge is 2.12. The summed E-state index contributed by atoms with van der Waals surface area (Å²) in [6.45, 7) is 0. The minimum absolute atomic E-state index is 0.147. The van der Waals surface area contributed by atoms with Crippen molar-refractivity contribution in [2.45, 2.75) is 11.8 Å². The highest BCUT2D eigenvalue weighted by molar-refractivity contribution is 9.10. The van der Waals surface area contributed by atoms with Crippen LogP contribution in [-0.4, -0.2) is 0 Å². The summed E-state index contributed by atoms with van der Waals surface area (Å²) >= 11 is 21.8. The van der Waals surface area contributed by atoms with Crippen LogP contribution in [0.3, 0.4) is 0 Å². The maximum absolute atomic E-state index is 6.41. The summed E-state index contributed by atoms with van der Waals surface area (Å²) < 4.78 is 0.951. The third-order valence-electron chi connectivity index (χ3n) is 2.63. The van der Waals surface area contributed by atoms with E-state index in [0.717, 1.165) is 27.0 Å². The predicted molar refractivity (Wildman–Crippen MR) is 82.9 cm³/mol. The summed E-state index contributed by atoms with van der Waals surface area (Å²) in [4.78, 5) is 0. The van der Waals surface area contributed by atoms with E-state index in [1.54, 1.807) is 0 Å². The first-order chi connectivity index (χ1) is 8.56. The maximum atomic E-state index is 6.41. The molecule has 4 heteroatoms. The Kier molecular flexibility index (Phi) is 4.97. The monoisotopic (exact) mass is 362 g/mol. The summed E-state index contributed by atoms with van der Waals surface area (Å²) in [7, 11) is 0. The molecule has 0 nitrogen and oxygen atoms in total. The van der Waals surface area contributed by atoms with Crippen LogP contribution in [0.25, 0.3) is 0 Å². The van der Waals surface area contributed by atoms with Crippen molar-refractivity contribution in [1.29, 1.82) is 0 Å². The van der Waals surface area contributed by atoms with Crippen LogP contribution in [0.4, 0.5) is 0 Å². The average Bonchev–Trinajstić information content (AvgIpc) is 2.32. The maximum Gasteiger partial charge on any atom is 0.0640 e. The minimum atomic E-state index is -0.147. The van der Waals surface area contributed by atoms with E-state index >= 15 is 0 Å². The predicted octanol–water partition coefficient (Wildman–Crippen LogP) is 6.28. The molecule has 0 aliphatic carbocycles. The molecule has 2 aromatic rings. The fourth-order valence-corrected chi connectivity index (χ4v) is 3.05. The SMILES string of the molecule is Clc1ccc(CC(Cl)c2ccc(Br)cc2Cl)cc1. The van der Waals surface area contributed by atoms with Gasteiger partial charge in [-0.3, -0.25) is 0 Å². The summed E-state index contributed by atoms with van der Waals surface area (Å²) in [5, 5.41) is 1.26. The Labute approximate surface area is 130 Å². The average molecular weight is 364 g/mol. The van der Waals surface area contributed by atoms with Gasteiger partial charge in [0.1, 0.15) is 0 Å². The van der Waals surface area contributed by atoms with E-state index in [9.17, 15) is 0 Å². The second-order valence-electron chi connectivity index (χ2n) is 3.96. The number of hydrogen-bond acceptors (Lipinski definition) is 0. The zero-order valence-electron chi connectivity index (χ0n) is 9.34. The van der Waals surface area contributed by atoms with E-state index in [4.69, 9.17) is 34.8 Å². The van der Waals surface area contributed by atoms with Crippen molar-refractivity contribution in [2.24, 2.45) is 0 Å². The third-order valence-corrected chi connectivity index (χ3v) is 4.09. The molecule has 2 aromatic carbocycles. The van der Waals surface area contributed by atoms with Crippen LogP contribution in [0, 0.1) is 0 Å². The van der Waals surface area contributed by atoms with E-state index in [2.05, 4.69) is 15.9 Å². The fraction of sp³-hybridized carbons (Fsp3) is 0.143. The van der Waals surface area contributed by atoms with Gasteiger partial charge in [-0.15, -0.1) is 11.6 Å². The summed E-state index contributed by atoms with van der Waals surface area (Å²) in [5.74, 6) is 0. The molecule has 0 bridgehead atoms. The Morgan fingerprint density at radius 3 is 2.28 bits per heavy atom. The van der Waals surface area contributed by atoms with Gasteiger partial charge in [-0.05, 0) is 41.8 Å². The van der Waals surface area contributed by atoms with Crippen molar-refractivity contribution in [3.8, 4) is 0 Å². The van der Waals surface area contributed by atoms with Crippen LogP contribution in [-0.2, 0) is 6.42 Å². The van der Waals surface area contributed by atoms with E-state index in [-0.39, 0.29) is 5.38 Å². The fourth-order valence-electron chi connectivity index (χ4n) is 1.69. The third kappa shape index (κ3) is 3.64. The molecule has 18 heavy (non-hydrogen) atoms. The summed E-state index contributed by atoms with van der Waals surface area (Å²) in [6, 6.07) is 13.4. The van der Waals surface area contributed by atoms with E-state index in [0.29, 0.717) is 5.02 Å². The van der Waals surface area contributed by atoms with Crippen LogP contribution in [0.15, 0.2) is 46.9 Å². The lowest BCUT2D eigenvalue weighted by Gasteiger charge is -2.12. The Bertz CT molecular complexity index is 537. The largest absolute Gasteiger partial charge is 0.117 e. The van der Waals surface area contributed by atoms with Gasteiger partial charge in [0.25, 0.3) is 0 Å². The van der Waals surface area contributed by atoms with Gasteiger partial charge >= 0.3 is 0 Å². The van der Waals surface area contributed by atoms with Crippen molar-refractivity contribution in [2.75, 3.05) is 0 Å². The van der Waals surface area contributed by atoms with Gasteiger partial charge in [0.05, 0.1) is 5.38 Å². The number of halogens is 4. The standard InChI is InChI=1S/C14H10BrCl3/c15-10-3-6-12(14(18)8-10)13(17)7-9-1-4-11(16)5-2-9/h1-6,8,13H,7H2. The van der Waals surface area contributed by atoms with E-state index in [1.165, 1.54) is 0 Å². The molecule has 0 aliphatic rings. The topological polar surface area (TPSA) is 0 Å². The van der Waals surface area contributed by atoms with Gasteiger partial charge in [0, 0.05) is 14.5 Å². The normalized spacial score (nSPS) is 12.4. The Morgan fingerprint density at radius 2 is 1.67 bits per heavy atom. The molecule has 0 spiro atoms. The molecule has 0 N–H and O–H groups in total. The first kappa shape index (κ1) is 14.2. The number of hydrogen-bond donors (Lipinski definition) is 0. The summed E-state index contributed by atoms with van der Waals surface area (Å²) in [5.41, 5.74) is 2.08. The van der Waals surface area contributed by atoms with Crippen LogP contribution in [0.1, 0.15) is 16.5 Å². The van der Waals surface area contributed by atoms with Crippen LogP contribution < -0.4 is 0 Å². The molecule has 0 amide bonds. The first-order valence-corrected chi connectivity index (χ1v) is 7.38. The first-order valence-electron chi connectivity index (χ1n) is 5.40. The van der Waals surface area contributed by atoms with E-state index in [1.807, 2.05) is 42.5 Å². The van der Waals surface area contributed by atoms with Gasteiger partial charge in [-0.25, -0.2) is 0 Å². The van der Waals surface area contributed by atoms with Gasteiger partial charge in [0.2, 0.25) is 0 Å². The Balaban J connectivity index is 2.16. The molecule has 1 unspecified atom stereocenters. The van der Waals surface area contributed by atoms with Gasteiger partial charge in [-0.1, -0.05) is 57.3 Å². The molecule has 0 aliphatic heterocycles. The molecule has 0 radical (unpaired) electrons. The minimum Gasteiger partial charge on any atom is -0.117 e. The lowest BCUT2D eigenvalue weighted by atomic mass is 10.0. The Hall–Kier alpha value is -0.210. The van der Waals surface area contributed by atoms with Gasteiger partial charge < -0.3 is 0 Å². The number of benzene rings is 2. The quantitative estimate of drug-likeness (QED) is 0.562. The molecule has 1 atom stereocenters. The van der Waals surface area contributed by atoms with Crippen molar-refractivity contribution < 1.29 is 0 Å². The Morgan fingerprint density at radius 1 is 1.00 bits per heavy atom. The summed E-state index contributed by atoms with van der Waals surface area (Å²) in [6.07, 6.45) is 0.722. The second kappa shape index (κ2) is 6.29. The molecule has 0 aromatic heterocycles. The van der Waals surface area contributed by atoms with Gasteiger partial charge in [-0.2, -0.15) is 0 Å². The number of rotatable bonds is 3. The van der Waals surface area contributed by atoms with Gasteiger partial charge in [0.15, 0.2) is 0 Å². The smallest absolute Gasteiger partial charge is 0.0640 e. The highest BCUT2D eigenvalue weighted by Crippen LogP contribution is 2.32. The second-order valence-corrected chi connectivity index (χ2v) is 6.25. The highest BCUT2D eigenvalue weighted by atomic mass is 79.9. The lowest BCUT2D eigenvalue weighted by molar-refractivity contribution is 0.920. The molecule has 0 fully saturated rings. The lowest BCUT2D eigenvalue weighted by Crippen LogP contribution is -1.96. The molecular formula is C14H10BrCl3. The molecule has 0 heterocycles. The van der Waals surface area contributed by atoms with Crippen molar-refractivity contribution >= 4 is 50.7 Å². The van der Waals surface area contributed by atoms with Crippen molar-refractivity contribution in [3.63, 3.8) is 0 Å². The zero-order valence-corrected chi connectivity index (χ0v) is 13.2. The van der Waals surface area contributed by atoms with Crippen LogP contribution in [0.5, 0.6) is 0 Å². The molecule has 94 valence electrons. The molecule has 0 saturated heterocycles. The van der Waals surface area contributed by atoms with Crippen molar-refractivity contribution in [1.82, 2.24) is 0 Å². The van der Waals surface area contributed by atoms with Crippen LogP contribution >= 0.6 is 50.7 Å². The molecule has 2 rings (SSSR count). The van der Waals surface area contributed by atoms with Crippen LogP contribution in [0.2, 0.25) is 10.0 Å². The number of alkyl halides is 1. The molecule has 0 saturated carbocycles. The van der Waals surface area contributed by atoms with E-state index < -0.39 is 0 Å².